The topological polar surface area (TPSA) is 105 Å². The van der Waals surface area contributed by atoms with Gasteiger partial charge < -0.3 is 15.4 Å². The van der Waals surface area contributed by atoms with Gasteiger partial charge in [0.1, 0.15) is 12.1 Å². The number of carbonyl (C=O) groups is 4. The van der Waals surface area contributed by atoms with Gasteiger partial charge in [-0.05, 0) is 37.3 Å². The first-order valence-electron chi connectivity index (χ1n) is 9.12. The van der Waals surface area contributed by atoms with Crippen molar-refractivity contribution >= 4 is 23.8 Å². The lowest BCUT2D eigenvalue weighted by Gasteiger charge is -2.22. The third-order valence-electron chi connectivity index (χ3n) is 4.91. The first-order chi connectivity index (χ1) is 13.0. The van der Waals surface area contributed by atoms with Crippen LogP contribution in [0.3, 0.4) is 0 Å². The number of aryl methyl sites for hydroxylation is 1. The number of hydrogen-bond acceptors (Lipinski definition) is 5. The average Bonchev–Trinajstić information content (AvgIpc) is 3.13. The Labute approximate surface area is 157 Å². The van der Waals surface area contributed by atoms with E-state index < -0.39 is 17.5 Å². The number of rotatable bonds is 7. The number of fused-ring (bicyclic) bond motifs is 2. The summed E-state index contributed by atoms with van der Waals surface area (Å²) in [4.78, 5) is 49.6. The maximum absolute atomic E-state index is 12.9. The fourth-order valence-electron chi connectivity index (χ4n) is 3.63. The number of imide groups is 1. The molecule has 1 heterocycles. The Hall–Kier alpha value is -2.90. The second kappa shape index (κ2) is 7.77. The third-order valence-corrected chi connectivity index (χ3v) is 4.91. The minimum absolute atomic E-state index is 0.206. The summed E-state index contributed by atoms with van der Waals surface area (Å²) in [6.45, 7) is 1.98. The summed E-state index contributed by atoms with van der Waals surface area (Å²) in [6, 6.07) is 6.98. The van der Waals surface area contributed by atoms with Gasteiger partial charge in [0.05, 0.1) is 6.61 Å². The Balaban J connectivity index is 1.56. The highest BCUT2D eigenvalue weighted by Crippen LogP contribution is 2.41. The average molecular weight is 373 g/mol. The van der Waals surface area contributed by atoms with Crippen molar-refractivity contribution in [1.82, 2.24) is 15.5 Å². The lowest BCUT2D eigenvalue weighted by atomic mass is 9.92. The number of urea groups is 1. The molecule has 0 aromatic heterocycles. The molecule has 1 aliphatic heterocycles. The number of benzene rings is 1. The van der Waals surface area contributed by atoms with Gasteiger partial charge in [-0.25, -0.2) is 4.79 Å². The molecule has 1 aromatic carbocycles. The molecule has 8 nitrogen and oxygen atoms in total. The van der Waals surface area contributed by atoms with Gasteiger partial charge >= 0.3 is 12.0 Å². The molecule has 1 fully saturated rings. The van der Waals surface area contributed by atoms with Crippen LogP contribution in [-0.2, 0) is 31.1 Å². The molecule has 0 saturated carbocycles. The van der Waals surface area contributed by atoms with E-state index in [9.17, 15) is 19.2 Å². The molecule has 1 spiro atoms. The molecule has 0 radical (unpaired) electrons. The molecule has 1 aliphatic carbocycles. The Bertz CT molecular complexity index is 778. The summed E-state index contributed by atoms with van der Waals surface area (Å²) in [7, 11) is 0. The standard InChI is InChI=1S/C19H23N3O5/c1-2-27-16(24)8-5-11-20-15(23)12-22-17(25)19(21-18(22)26)10-9-13-6-3-4-7-14(13)19/h3-4,6-7H,2,5,8-12H2,1H3,(H,20,23)(H,21,26)/t19-/m1/s1. The number of esters is 1. The molecule has 4 amide bonds. The van der Waals surface area contributed by atoms with Crippen LogP contribution in [0, 0.1) is 0 Å². The fraction of sp³-hybridized carbons (Fsp3) is 0.474. The molecule has 8 heteroatoms. The summed E-state index contributed by atoms with van der Waals surface area (Å²) in [5.41, 5.74) is 0.787. The summed E-state index contributed by atoms with van der Waals surface area (Å²) in [6.07, 6.45) is 1.84. The minimum Gasteiger partial charge on any atom is -0.466 e. The first kappa shape index (κ1) is 18.9. The Morgan fingerprint density at radius 3 is 2.85 bits per heavy atom. The zero-order valence-corrected chi connectivity index (χ0v) is 15.2. The number of ether oxygens (including phenoxy) is 1. The highest BCUT2D eigenvalue weighted by atomic mass is 16.5. The van der Waals surface area contributed by atoms with E-state index in [1.165, 1.54) is 0 Å². The summed E-state index contributed by atoms with van der Waals surface area (Å²) in [5.74, 6) is -1.15. The van der Waals surface area contributed by atoms with Crippen molar-refractivity contribution in [1.29, 1.82) is 0 Å². The molecule has 1 saturated heterocycles. The maximum atomic E-state index is 12.9. The molecule has 1 aromatic rings. The predicted molar refractivity (Wildman–Crippen MR) is 95.6 cm³/mol. The fourth-order valence-corrected chi connectivity index (χ4v) is 3.63. The Morgan fingerprint density at radius 1 is 1.30 bits per heavy atom. The van der Waals surface area contributed by atoms with Gasteiger partial charge in [-0.1, -0.05) is 24.3 Å². The van der Waals surface area contributed by atoms with Gasteiger partial charge in [-0.15, -0.1) is 0 Å². The largest absolute Gasteiger partial charge is 0.466 e. The van der Waals surface area contributed by atoms with Crippen LogP contribution in [0.25, 0.3) is 0 Å². The van der Waals surface area contributed by atoms with Crippen molar-refractivity contribution in [2.45, 2.75) is 38.1 Å². The number of nitrogens with zero attached hydrogens (tertiary/aromatic N) is 1. The minimum atomic E-state index is -1.06. The van der Waals surface area contributed by atoms with Gasteiger partial charge in [0.2, 0.25) is 5.91 Å². The highest BCUT2D eigenvalue weighted by molar-refractivity contribution is 6.09. The maximum Gasteiger partial charge on any atom is 0.325 e. The second-order valence-corrected chi connectivity index (χ2v) is 6.64. The van der Waals surface area contributed by atoms with Crippen LogP contribution in [0.5, 0.6) is 0 Å². The van der Waals surface area contributed by atoms with E-state index in [0.29, 0.717) is 25.9 Å². The van der Waals surface area contributed by atoms with E-state index in [1.54, 1.807) is 6.92 Å². The van der Waals surface area contributed by atoms with E-state index in [0.717, 1.165) is 16.0 Å². The lowest BCUT2D eigenvalue weighted by molar-refractivity contribution is -0.143. The summed E-state index contributed by atoms with van der Waals surface area (Å²) in [5, 5.41) is 5.41. The molecule has 2 N–H and O–H groups in total. The predicted octanol–water partition coefficient (Wildman–Crippen LogP) is 0.839. The SMILES string of the molecule is CCOC(=O)CCCNC(=O)CN1C(=O)N[C@@]2(CCc3ccccc32)C1=O. The van der Waals surface area contributed by atoms with Gasteiger partial charge in [0, 0.05) is 13.0 Å². The lowest BCUT2D eigenvalue weighted by Crippen LogP contribution is -2.44. The molecule has 1 atom stereocenters. The van der Waals surface area contributed by atoms with E-state index in [2.05, 4.69) is 10.6 Å². The van der Waals surface area contributed by atoms with E-state index in [1.807, 2.05) is 24.3 Å². The number of amides is 4. The van der Waals surface area contributed by atoms with Crippen molar-refractivity contribution < 1.29 is 23.9 Å². The van der Waals surface area contributed by atoms with Crippen molar-refractivity contribution in [3.8, 4) is 0 Å². The zero-order chi connectivity index (χ0) is 19.4. The highest BCUT2D eigenvalue weighted by Gasteiger charge is 2.55. The molecule has 144 valence electrons. The molecule has 27 heavy (non-hydrogen) atoms. The smallest absolute Gasteiger partial charge is 0.325 e. The normalized spacial score (nSPS) is 20.6. The number of carbonyl (C=O) groups excluding carboxylic acids is 4. The number of hydrogen-bond donors (Lipinski definition) is 2. The molecule has 0 bridgehead atoms. The van der Waals surface area contributed by atoms with E-state index in [-0.39, 0.29) is 31.4 Å². The first-order valence-corrected chi connectivity index (χ1v) is 9.12. The zero-order valence-electron chi connectivity index (χ0n) is 15.2. The van der Waals surface area contributed by atoms with Gasteiger partial charge in [0.15, 0.2) is 0 Å². The van der Waals surface area contributed by atoms with Crippen LogP contribution in [-0.4, -0.2) is 48.4 Å². The van der Waals surface area contributed by atoms with Crippen LogP contribution < -0.4 is 10.6 Å². The van der Waals surface area contributed by atoms with Crippen LogP contribution in [0.1, 0.15) is 37.3 Å². The van der Waals surface area contributed by atoms with E-state index >= 15 is 0 Å². The molecule has 2 aliphatic rings. The third kappa shape index (κ3) is 3.65. The van der Waals surface area contributed by atoms with Crippen molar-refractivity contribution in [2.24, 2.45) is 0 Å². The number of nitrogens with one attached hydrogen (secondary N) is 2. The summed E-state index contributed by atoms with van der Waals surface area (Å²) >= 11 is 0. The quantitative estimate of drug-likeness (QED) is 0.419. The van der Waals surface area contributed by atoms with Crippen molar-refractivity contribution in [2.75, 3.05) is 19.7 Å². The second-order valence-electron chi connectivity index (χ2n) is 6.64. The van der Waals surface area contributed by atoms with Crippen molar-refractivity contribution in [3.05, 3.63) is 35.4 Å². The molecule has 3 rings (SSSR count). The molecular formula is C19H23N3O5. The molecular weight excluding hydrogens is 350 g/mol. The van der Waals surface area contributed by atoms with Gasteiger partial charge in [-0.2, -0.15) is 0 Å². The Morgan fingerprint density at radius 2 is 2.07 bits per heavy atom. The van der Waals surface area contributed by atoms with Crippen LogP contribution in [0.15, 0.2) is 24.3 Å². The Kier molecular flexibility index (Phi) is 5.43. The van der Waals surface area contributed by atoms with Gasteiger partial charge in [-0.3, -0.25) is 19.3 Å². The van der Waals surface area contributed by atoms with E-state index in [4.69, 9.17) is 4.74 Å². The van der Waals surface area contributed by atoms with Crippen LogP contribution in [0.2, 0.25) is 0 Å². The van der Waals surface area contributed by atoms with Crippen molar-refractivity contribution in [3.63, 3.8) is 0 Å². The molecule has 0 unspecified atom stereocenters. The van der Waals surface area contributed by atoms with Gasteiger partial charge in [0.25, 0.3) is 5.91 Å². The van der Waals surface area contributed by atoms with Crippen LogP contribution >= 0.6 is 0 Å². The van der Waals surface area contributed by atoms with Crippen LogP contribution in [0.4, 0.5) is 4.79 Å². The monoisotopic (exact) mass is 373 g/mol. The summed E-state index contributed by atoms with van der Waals surface area (Å²) < 4.78 is 4.81.